The molecule has 0 spiro atoms. The largest absolute Gasteiger partial charge is 0.339 e. The molecular formula is C15H18ClNO. The Labute approximate surface area is 113 Å². The summed E-state index contributed by atoms with van der Waals surface area (Å²) in [7, 11) is 1.88. The first-order chi connectivity index (χ1) is 8.68. The quantitative estimate of drug-likeness (QED) is 0.761. The van der Waals surface area contributed by atoms with Crippen LogP contribution in [0.4, 0.5) is 0 Å². The minimum absolute atomic E-state index is 0.0572. The molecule has 0 aromatic heterocycles. The highest BCUT2D eigenvalue weighted by atomic mass is 35.5. The average molecular weight is 264 g/mol. The van der Waals surface area contributed by atoms with Crippen molar-refractivity contribution in [2.45, 2.75) is 31.7 Å². The number of likely N-dealkylation sites (N-methyl/N-ethyl adjacent to an activating group) is 1. The number of rotatable bonds is 3. The molecule has 0 unspecified atom stereocenters. The maximum absolute atomic E-state index is 12.0. The number of carbonyl (C=O) groups excluding carboxylic acids is 1. The fourth-order valence-electron chi connectivity index (χ4n) is 2.36. The smallest absolute Gasteiger partial charge is 0.246 e. The standard InChI is InChI=1S/C15H18ClNO/c1-17(13-7-3-4-8-13)15(18)11-10-12-6-2-5-9-14(12)16/h2,5-6,9-11,13H,3-4,7-8H2,1H3/b11-10+. The van der Waals surface area contributed by atoms with Crippen LogP contribution in [0.25, 0.3) is 6.08 Å². The summed E-state index contributed by atoms with van der Waals surface area (Å²) in [5.41, 5.74) is 0.882. The fraction of sp³-hybridized carbons (Fsp3) is 0.400. The van der Waals surface area contributed by atoms with Crippen molar-refractivity contribution >= 4 is 23.6 Å². The van der Waals surface area contributed by atoms with E-state index in [1.165, 1.54) is 12.8 Å². The Morgan fingerprint density at radius 2 is 2.00 bits per heavy atom. The van der Waals surface area contributed by atoms with Gasteiger partial charge in [0, 0.05) is 24.2 Å². The molecule has 0 bridgehead atoms. The van der Waals surface area contributed by atoms with E-state index in [4.69, 9.17) is 11.6 Å². The monoisotopic (exact) mass is 263 g/mol. The molecule has 1 saturated carbocycles. The molecule has 3 heteroatoms. The SMILES string of the molecule is CN(C(=O)/C=C/c1ccccc1Cl)C1CCCC1. The number of amides is 1. The molecule has 0 aliphatic heterocycles. The molecule has 0 saturated heterocycles. The number of halogens is 1. The molecule has 18 heavy (non-hydrogen) atoms. The molecule has 1 fully saturated rings. The summed E-state index contributed by atoms with van der Waals surface area (Å²) in [5.74, 6) is 0.0572. The number of hydrogen-bond acceptors (Lipinski definition) is 1. The summed E-state index contributed by atoms with van der Waals surface area (Å²) in [4.78, 5) is 13.9. The maximum Gasteiger partial charge on any atom is 0.246 e. The lowest BCUT2D eigenvalue weighted by atomic mass is 10.2. The Morgan fingerprint density at radius 1 is 1.33 bits per heavy atom. The van der Waals surface area contributed by atoms with E-state index in [0.29, 0.717) is 11.1 Å². The van der Waals surface area contributed by atoms with Gasteiger partial charge in [0.1, 0.15) is 0 Å². The summed E-state index contributed by atoms with van der Waals surface area (Å²) in [6.07, 6.45) is 8.12. The first-order valence-corrected chi connectivity index (χ1v) is 6.75. The second-order valence-electron chi connectivity index (χ2n) is 4.74. The van der Waals surface area contributed by atoms with Crippen LogP contribution in [0.3, 0.4) is 0 Å². The normalized spacial score (nSPS) is 16.3. The zero-order valence-electron chi connectivity index (χ0n) is 10.6. The van der Waals surface area contributed by atoms with E-state index in [1.54, 1.807) is 12.2 Å². The molecular weight excluding hydrogens is 246 g/mol. The van der Waals surface area contributed by atoms with Gasteiger partial charge in [-0.3, -0.25) is 4.79 Å². The van der Waals surface area contributed by atoms with Gasteiger partial charge in [0.15, 0.2) is 0 Å². The van der Waals surface area contributed by atoms with Crippen LogP contribution in [0.15, 0.2) is 30.3 Å². The zero-order chi connectivity index (χ0) is 13.0. The van der Waals surface area contributed by atoms with Crippen molar-refractivity contribution in [3.05, 3.63) is 40.9 Å². The van der Waals surface area contributed by atoms with Crippen LogP contribution in [0, 0.1) is 0 Å². The lowest BCUT2D eigenvalue weighted by Gasteiger charge is -2.22. The lowest BCUT2D eigenvalue weighted by Crippen LogP contribution is -2.33. The van der Waals surface area contributed by atoms with Gasteiger partial charge in [0.25, 0.3) is 0 Å². The first kappa shape index (κ1) is 13.2. The number of carbonyl (C=O) groups is 1. The topological polar surface area (TPSA) is 20.3 Å². The lowest BCUT2D eigenvalue weighted by molar-refractivity contribution is -0.126. The van der Waals surface area contributed by atoms with E-state index in [0.717, 1.165) is 18.4 Å². The summed E-state index contributed by atoms with van der Waals surface area (Å²) in [6.45, 7) is 0. The van der Waals surface area contributed by atoms with Gasteiger partial charge in [-0.2, -0.15) is 0 Å². The molecule has 0 atom stereocenters. The van der Waals surface area contributed by atoms with Crippen molar-refractivity contribution in [1.29, 1.82) is 0 Å². The molecule has 2 nitrogen and oxygen atoms in total. The van der Waals surface area contributed by atoms with E-state index in [2.05, 4.69) is 0 Å². The maximum atomic E-state index is 12.0. The van der Waals surface area contributed by atoms with Crippen molar-refractivity contribution in [3.63, 3.8) is 0 Å². The molecule has 1 aromatic carbocycles. The Balaban J connectivity index is 2.00. The zero-order valence-corrected chi connectivity index (χ0v) is 11.4. The van der Waals surface area contributed by atoms with Crippen molar-refractivity contribution in [2.75, 3.05) is 7.05 Å². The van der Waals surface area contributed by atoms with Crippen molar-refractivity contribution in [3.8, 4) is 0 Å². The Bertz CT molecular complexity index is 450. The van der Waals surface area contributed by atoms with Gasteiger partial charge < -0.3 is 4.90 Å². The summed E-state index contributed by atoms with van der Waals surface area (Å²) in [6, 6.07) is 7.94. The Kier molecular flexibility index (Phi) is 4.43. The van der Waals surface area contributed by atoms with E-state index < -0.39 is 0 Å². The third-order valence-corrected chi connectivity index (χ3v) is 3.87. The van der Waals surface area contributed by atoms with Gasteiger partial charge in [-0.1, -0.05) is 42.6 Å². The number of hydrogen-bond donors (Lipinski definition) is 0. The third kappa shape index (κ3) is 3.14. The Morgan fingerprint density at radius 3 is 2.67 bits per heavy atom. The van der Waals surface area contributed by atoms with Crippen molar-refractivity contribution in [1.82, 2.24) is 4.90 Å². The molecule has 2 rings (SSSR count). The fourth-order valence-corrected chi connectivity index (χ4v) is 2.56. The molecule has 1 aliphatic carbocycles. The minimum Gasteiger partial charge on any atom is -0.339 e. The average Bonchev–Trinajstić information content (AvgIpc) is 2.90. The number of benzene rings is 1. The number of nitrogens with zero attached hydrogens (tertiary/aromatic N) is 1. The van der Waals surface area contributed by atoms with Crippen LogP contribution in [-0.4, -0.2) is 23.9 Å². The summed E-state index contributed by atoms with van der Waals surface area (Å²) < 4.78 is 0. The highest BCUT2D eigenvalue weighted by Crippen LogP contribution is 2.23. The minimum atomic E-state index is 0.0572. The van der Waals surface area contributed by atoms with Gasteiger partial charge >= 0.3 is 0 Å². The van der Waals surface area contributed by atoms with Gasteiger partial charge in [-0.15, -0.1) is 0 Å². The van der Waals surface area contributed by atoms with E-state index in [-0.39, 0.29) is 5.91 Å². The molecule has 0 N–H and O–H groups in total. The molecule has 96 valence electrons. The highest BCUT2D eigenvalue weighted by Gasteiger charge is 2.21. The van der Waals surface area contributed by atoms with E-state index in [9.17, 15) is 4.79 Å². The molecule has 1 aliphatic rings. The van der Waals surface area contributed by atoms with Crippen LogP contribution in [-0.2, 0) is 4.79 Å². The predicted molar refractivity (Wildman–Crippen MR) is 75.5 cm³/mol. The Hall–Kier alpha value is -1.28. The first-order valence-electron chi connectivity index (χ1n) is 6.38. The highest BCUT2D eigenvalue weighted by molar-refractivity contribution is 6.32. The second-order valence-corrected chi connectivity index (χ2v) is 5.15. The van der Waals surface area contributed by atoms with Gasteiger partial charge in [-0.25, -0.2) is 0 Å². The molecule has 1 amide bonds. The van der Waals surface area contributed by atoms with E-state index >= 15 is 0 Å². The molecule has 0 heterocycles. The molecule has 0 radical (unpaired) electrons. The van der Waals surface area contributed by atoms with Crippen LogP contribution in [0.5, 0.6) is 0 Å². The van der Waals surface area contributed by atoms with Crippen molar-refractivity contribution < 1.29 is 4.79 Å². The van der Waals surface area contributed by atoms with Crippen LogP contribution >= 0.6 is 11.6 Å². The summed E-state index contributed by atoms with van der Waals surface area (Å²) >= 11 is 6.04. The second kappa shape index (κ2) is 6.05. The van der Waals surface area contributed by atoms with Crippen LogP contribution < -0.4 is 0 Å². The van der Waals surface area contributed by atoms with Crippen molar-refractivity contribution in [2.24, 2.45) is 0 Å². The van der Waals surface area contributed by atoms with Gasteiger partial charge in [0.05, 0.1) is 0 Å². The summed E-state index contributed by atoms with van der Waals surface area (Å²) in [5, 5.41) is 0.671. The predicted octanol–water partition coefficient (Wildman–Crippen LogP) is 3.75. The van der Waals surface area contributed by atoms with Crippen LogP contribution in [0.2, 0.25) is 5.02 Å². The van der Waals surface area contributed by atoms with Gasteiger partial charge in [0.2, 0.25) is 5.91 Å². The third-order valence-electron chi connectivity index (χ3n) is 3.53. The van der Waals surface area contributed by atoms with Gasteiger partial charge in [-0.05, 0) is 30.5 Å². The molecule has 1 aromatic rings. The van der Waals surface area contributed by atoms with E-state index in [1.807, 2.05) is 36.2 Å². The van der Waals surface area contributed by atoms with Crippen LogP contribution in [0.1, 0.15) is 31.2 Å².